The smallest absolute Gasteiger partial charge is 0.330 e. The van der Waals surface area contributed by atoms with Crippen molar-refractivity contribution in [1.82, 2.24) is 10.2 Å². The van der Waals surface area contributed by atoms with Crippen molar-refractivity contribution >= 4 is 5.97 Å². The Hall–Kier alpha value is -1.46. The summed E-state index contributed by atoms with van der Waals surface area (Å²) >= 11 is 0. The van der Waals surface area contributed by atoms with Crippen molar-refractivity contribution < 1.29 is 13.9 Å². The van der Waals surface area contributed by atoms with Crippen molar-refractivity contribution in [2.75, 3.05) is 33.3 Å². The molecule has 0 saturated carbocycles. The van der Waals surface area contributed by atoms with Crippen LogP contribution in [0.2, 0.25) is 0 Å². The van der Waals surface area contributed by atoms with Crippen molar-refractivity contribution in [3.05, 3.63) is 35.6 Å². The van der Waals surface area contributed by atoms with E-state index in [0.717, 1.165) is 38.2 Å². The Morgan fingerprint density at radius 2 is 2.00 bits per heavy atom. The molecule has 1 aromatic carbocycles. The lowest BCUT2D eigenvalue weighted by atomic mass is 9.89. The van der Waals surface area contributed by atoms with Gasteiger partial charge in [-0.05, 0) is 37.6 Å². The molecule has 1 heterocycles. The first-order valence-corrected chi connectivity index (χ1v) is 6.89. The highest BCUT2D eigenvalue weighted by Gasteiger charge is 2.42. The molecule has 20 heavy (non-hydrogen) atoms. The molecule has 1 N–H and O–H groups in total. The largest absolute Gasteiger partial charge is 0.467 e. The summed E-state index contributed by atoms with van der Waals surface area (Å²) in [7, 11) is 1.39. The number of hydrogen-bond donors (Lipinski definition) is 1. The van der Waals surface area contributed by atoms with E-state index in [1.165, 1.54) is 19.2 Å². The fourth-order valence-corrected chi connectivity index (χ4v) is 2.70. The molecule has 1 aliphatic heterocycles. The highest BCUT2D eigenvalue weighted by atomic mass is 19.1. The van der Waals surface area contributed by atoms with Gasteiger partial charge in [-0.2, -0.15) is 0 Å². The van der Waals surface area contributed by atoms with Crippen LogP contribution in [0.4, 0.5) is 4.39 Å². The summed E-state index contributed by atoms with van der Waals surface area (Å²) in [5.74, 6) is -0.621. The third kappa shape index (κ3) is 2.83. The topological polar surface area (TPSA) is 41.6 Å². The highest BCUT2D eigenvalue weighted by Crippen LogP contribution is 2.30. The minimum Gasteiger partial charge on any atom is -0.467 e. The van der Waals surface area contributed by atoms with Crippen LogP contribution in [0.25, 0.3) is 0 Å². The Morgan fingerprint density at radius 3 is 2.65 bits per heavy atom. The highest BCUT2D eigenvalue weighted by molar-refractivity contribution is 5.82. The van der Waals surface area contributed by atoms with Gasteiger partial charge in [0.25, 0.3) is 0 Å². The molecular weight excluding hydrogens is 259 g/mol. The average molecular weight is 280 g/mol. The van der Waals surface area contributed by atoms with Gasteiger partial charge in [0.1, 0.15) is 11.4 Å². The van der Waals surface area contributed by atoms with Crippen LogP contribution in [0.5, 0.6) is 0 Å². The number of hydrogen-bond acceptors (Lipinski definition) is 4. The summed E-state index contributed by atoms with van der Waals surface area (Å²) in [5, 5.41) is 3.31. The Labute approximate surface area is 118 Å². The number of nitrogens with one attached hydrogen (secondary N) is 1. The van der Waals surface area contributed by atoms with Gasteiger partial charge in [-0.25, -0.2) is 9.18 Å². The number of esters is 1. The van der Waals surface area contributed by atoms with Gasteiger partial charge in [0.2, 0.25) is 0 Å². The molecule has 1 fully saturated rings. The van der Waals surface area contributed by atoms with Crippen LogP contribution in [-0.4, -0.2) is 44.2 Å². The molecule has 1 aliphatic rings. The predicted octanol–water partition coefficient (Wildman–Crippen LogP) is 1.51. The van der Waals surface area contributed by atoms with Gasteiger partial charge in [0.05, 0.1) is 7.11 Å². The second kappa shape index (κ2) is 6.33. The third-order valence-corrected chi connectivity index (χ3v) is 3.96. The van der Waals surface area contributed by atoms with Gasteiger partial charge in [0.15, 0.2) is 0 Å². The van der Waals surface area contributed by atoms with Gasteiger partial charge in [-0.3, -0.25) is 4.90 Å². The average Bonchev–Trinajstić information content (AvgIpc) is 2.75. The molecule has 0 bridgehead atoms. The van der Waals surface area contributed by atoms with E-state index in [0.29, 0.717) is 0 Å². The zero-order valence-electron chi connectivity index (χ0n) is 12.0. The van der Waals surface area contributed by atoms with E-state index in [-0.39, 0.29) is 11.8 Å². The number of carbonyl (C=O) groups excluding carboxylic acids is 1. The maximum Gasteiger partial charge on any atom is 0.330 e. The minimum atomic E-state index is -0.880. The maximum atomic E-state index is 13.1. The van der Waals surface area contributed by atoms with E-state index in [2.05, 4.69) is 10.2 Å². The summed E-state index contributed by atoms with van der Waals surface area (Å²) in [4.78, 5) is 14.5. The van der Waals surface area contributed by atoms with Crippen LogP contribution < -0.4 is 5.32 Å². The molecule has 1 atom stereocenters. The lowest BCUT2D eigenvalue weighted by molar-refractivity contribution is -0.155. The number of methoxy groups -OCH3 is 1. The molecule has 0 radical (unpaired) electrons. The van der Waals surface area contributed by atoms with Crippen LogP contribution in [0, 0.1) is 5.82 Å². The van der Waals surface area contributed by atoms with Gasteiger partial charge in [-0.1, -0.05) is 12.1 Å². The van der Waals surface area contributed by atoms with Gasteiger partial charge in [-0.15, -0.1) is 0 Å². The van der Waals surface area contributed by atoms with Crippen molar-refractivity contribution in [2.24, 2.45) is 0 Å². The Bertz CT molecular complexity index is 455. The second-order valence-electron chi connectivity index (χ2n) is 5.16. The summed E-state index contributed by atoms with van der Waals surface area (Å²) in [6.07, 6.45) is 0.966. The fourth-order valence-electron chi connectivity index (χ4n) is 2.70. The predicted molar refractivity (Wildman–Crippen MR) is 74.8 cm³/mol. The van der Waals surface area contributed by atoms with E-state index in [9.17, 15) is 9.18 Å². The van der Waals surface area contributed by atoms with Crippen molar-refractivity contribution in [3.8, 4) is 0 Å². The van der Waals surface area contributed by atoms with Crippen LogP contribution in [0.15, 0.2) is 24.3 Å². The number of carbonyl (C=O) groups is 1. The first kappa shape index (κ1) is 14.9. The number of rotatable bonds is 3. The van der Waals surface area contributed by atoms with E-state index >= 15 is 0 Å². The number of benzene rings is 1. The first-order chi connectivity index (χ1) is 9.59. The molecule has 0 aliphatic carbocycles. The maximum absolute atomic E-state index is 13.1. The van der Waals surface area contributed by atoms with E-state index in [1.54, 1.807) is 12.1 Å². The van der Waals surface area contributed by atoms with E-state index in [1.807, 2.05) is 6.92 Å². The Morgan fingerprint density at radius 1 is 1.30 bits per heavy atom. The molecule has 0 spiro atoms. The second-order valence-corrected chi connectivity index (χ2v) is 5.16. The van der Waals surface area contributed by atoms with E-state index < -0.39 is 5.54 Å². The molecule has 0 aromatic heterocycles. The molecule has 0 amide bonds. The summed E-state index contributed by atoms with van der Waals surface area (Å²) < 4.78 is 18.1. The lowest BCUT2D eigenvalue weighted by Crippen LogP contribution is -2.51. The summed E-state index contributed by atoms with van der Waals surface area (Å²) in [6.45, 7) is 5.17. The zero-order chi connectivity index (χ0) is 14.6. The Kier molecular flexibility index (Phi) is 4.73. The van der Waals surface area contributed by atoms with Crippen molar-refractivity contribution in [3.63, 3.8) is 0 Å². The SMILES string of the molecule is COC(=O)C(C)(c1ccc(F)cc1)N1CCCNCC1. The number of nitrogens with zero attached hydrogens (tertiary/aromatic N) is 1. The molecule has 110 valence electrons. The van der Waals surface area contributed by atoms with Crippen LogP contribution >= 0.6 is 0 Å². The van der Waals surface area contributed by atoms with Gasteiger partial charge < -0.3 is 10.1 Å². The monoisotopic (exact) mass is 280 g/mol. The van der Waals surface area contributed by atoms with Gasteiger partial charge in [0, 0.05) is 19.6 Å². The first-order valence-electron chi connectivity index (χ1n) is 6.89. The molecule has 1 saturated heterocycles. The van der Waals surface area contributed by atoms with Crippen LogP contribution in [0.3, 0.4) is 0 Å². The summed E-state index contributed by atoms with van der Waals surface area (Å²) in [6, 6.07) is 6.08. The van der Waals surface area contributed by atoms with E-state index in [4.69, 9.17) is 4.74 Å². The fraction of sp³-hybridized carbons (Fsp3) is 0.533. The van der Waals surface area contributed by atoms with Crippen LogP contribution in [0.1, 0.15) is 18.9 Å². The molecule has 1 unspecified atom stereocenters. The van der Waals surface area contributed by atoms with Crippen molar-refractivity contribution in [2.45, 2.75) is 18.9 Å². The number of halogens is 1. The Balaban J connectivity index is 2.38. The van der Waals surface area contributed by atoms with Crippen LogP contribution in [-0.2, 0) is 15.1 Å². The molecular formula is C15H21FN2O2. The number of ether oxygens (including phenoxy) is 1. The van der Waals surface area contributed by atoms with Gasteiger partial charge >= 0.3 is 5.97 Å². The molecule has 2 rings (SSSR count). The minimum absolute atomic E-state index is 0.307. The zero-order valence-corrected chi connectivity index (χ0v) is 12.0. The quantitative estimate of drug-likeness (QED) is 0.852. The normalized spacial score (nSPS) is 19.9. The molecule has 5 heteroatoms. The third-order valence-electron chi connectivity index (χ3n) is 3.96. The molecule has 4 nitrogen and oxygen atoms in total. The standard InChI is InChI=1S/C15H21FN2O2/c1-15(14(19)20-2,12-4-6-13(16)7-5-12)18-10-3-8-17-9-11-18/h4-7,17H,3,8-11H2,1-2H3. The summed E-state index contributed by atoms with van der Waals surface area (Å²) in [5.41, 5.74) is -0.123. The van der Waals surface area contributed by atoms with Crippen molar-refractivity contribution in [1.29, 1.82) is 0 Å². The molecule has 1 aromatic rings. The lowest BCUT2D eigenvalue weighted by Gasteiger charge is -2.38.